The fraction of sp³-hybridized carbons (Fsp3) is 0.842. The summed E-state index contributed by atoms with van der Waals surface area (Å²) >= 11 is 0. The molecule has 0 spiro atoms. The maximum absolute atomic E-state index is 13.0. The normalized spacial score (nSPS) is 26.2. The Labute approximate surface area is 163 Å². The molecule has 2 fully saturated rings. The van der Waals surface area contributed by atoms with E-state index in [0.29, 0.717) is 36.6 Å². The highest BCUT2D eigenvalue weighted by atomic mass is 32.2. The van der Waals surface area contributed by atoms with Gasteiger partial charge >= 0.3 is 0 Å². The maximum Gasteiger partial charge on any atom is 0.248 e. The molecule has 0 aromatic carbocycles. The minimum Gasteiger partial charge on any atom is -0.377 e. The summed E-state index contributed by atoms with van der Waals surface area (Å²) in [5.74, 6) is 1.02. The zero-order valence-electron chi connectivity index (χ0n) is 16.8. The lowest BCUT2D eigenvalue weighted by Crippen LogP contribution is -2.37. The standard InChI is InChI=1S/C19H33N3O4S/c1-15-7-4-5-8-18(15)25-14-13-21-9-6-10-22(12-11-21)27(23,24)19-16(2)20-26-17(19)3/h15,18H,4-14H2,1-3H3. The average Bonchev–Trinajstić information content (AvgIpc) is 2.83. The van der Waals surface area contributed by atoms with Crippen LogP contribution in [0.5, 0.6) is 0 Å². The van der Waals surface area contributed by atoms with E-state index in [1.165, 1.54) is 25.7 Å². The predicted octanol–water partition coefficient (Wildman–Crippen LogP) is 2.58. The van der Waals surface area contributed by atoms with Crippen LogP contribution in [0.15, 0.2) is 9.42 Å². The van der Waals surface area contributed by atoms with E-state index in [2.05, 4.69) is 17.0 Å². The number of ether oxygens (including phenoxy) is 1. The summed E-state index contributed by atoms with van der Waals surface area (Å²) in [6, 6.07) is 0. The fourth-order valence-corrected chi connectivity index (χ4v) is 6.01. The highest BCUT2D eigenvalue weighted by Crippen LogP contribution is 2.26. The minimum absolute atomic E-state index is 0.227. The lowest BCUT2D eigenvalue weighted by molar-refractivity contribution is -0.0133. The summed E-state index contributed by atoms with van der Waals surface area (Å²) in [6.45, 7) is 9.86. The molecule has 0 bridgehead atoms. The van der Waals surface area contributed by atoms with Gasteiger partial charge in [-0.25, -0.2) is 8.42 Å². The number of aryl methyl sites for hydroxylation is 2. The Morgan fingerprint density at radius 2 is 1.89 bits per heavy atom. The molecule has 2 unspecified atom stereocenters. The van der Waals surface area contributed by atoms with Crippen LogP contribution in [0, 0.1) is 19.8 Å². The number of rotatable bonds is 6. The fourth-order valence-electron chi connectivity index (χ4n) is 4.25. The van der Waals surface area contributed by atoms with E-state index in [1.54, 1.807) is 18.2 Å². The molecule has 1 aromatic rings. The molecule has 1 aliphatic carbocycles. The van der Waals surface area contributed by atoms with E-state index in [1.807, 2.05) is 0 Å². The van der Waals surface area contributed by atoms with Gasteiger partial charge in [0.15, 0.2) is 5.76 Å². The third-order valence-electron chi connectivity index (χ3n) is 5.89. The summed E-state index contributed by atoms with van der Waals surface area (Å²) in [5, 5.41) is 3.80. The zero-order valence-corrected chi connectivity index (χ0v) is 17.6. The molecule has 0 N–H and O–H groups in total. The van der Waals surface area contributed by atoms with E-state index in [9.17, 15) is 8.42 Å². The van der Waals surface area contributed by atoms with Crippen LogP contribution >= 0.6 is 0 Å². The molecule has 0 amide bonds. The van der Waals surface area contributed by atoms with Crippen molar-refractivity contribution >= 4 is 10.0 Å². The first-order chi connectivity index (χ1) is 12.9. The van der Waals surface area contributed by atoms with Crippen molar-refractivity contribution in [3.63, 3.8) is 0 Å². The Morgan fingerprint density at radius 3 is 2.59 bits per heavy atom. The quantitative estimate of drug-likeness (QED) is 0.732. The Hall–Kier alpha value is -0.960. The Bertz CT molecular complexity index is 699. The molecule has 8 heteroatoms. The van der Waals surface area contributed by atoms with Crippen molar-refractivity contribution in [2.45, 2.75) is 63.9 Å². The van der Waals surface area contributed by atoms with Crippen LogP contribution in [-0.2, 0) is 14.8 Å². The van der Waals surface area contributed by atoms with Crippen molar-refractivity contribution in [2.75, 3.05) is 39.3 Å². The summed E-state index contributed by atoms with van der Waals surface area (Å²) < 4.78 is 38.7. The second-order valence-corrected chi connectivity index (χ2v) is 9.80. The molecular formula is C19H33N3O4S. The Kier molecular flexibility index (Phi) is 6.94. The summed E-state index contributed by atoms with van der Waals surface area (Å²) in [7, 11) is -3.55. The van der Waals surface area contributed by atoms with Crippen molar-refractivity contribution in [2.24, 2.45) is 5.92 Å². The van der Waals surface area contributed by atoms with E-state index in [-0.39, 0.29) is 4.90 Å². The van der Waals surface area contributed by atoms with Crippen LogP contribution in [0.25, 0.3) is 0 Å². The van der Waals surface area contributed by atoms with E-state index >= 15 is 0 Å². The van der Waals surface area contributed by atoms with Gasteiger partial charge < -0.3 is 9.26 Å². The highest BCUT2D eigenvalue weighted by Gasteiger charge is 2.32. The number of aromatic nitrogens is 1. The van der Waals surface area contributed by atoms with Crippen LogP contribution in [0.4, 0.5) is 0 Å². The van der Waals surface area contributed by atoms with Crippen molar-refractivity contribution < 1.29 is 17.7 Å². The number of nitrogens with zero attached hydrogens (tertiary/aromatic N) is 3. The van der Waals surface area contributed by atoms with Gasteiger partial charge in [0.25, 0.3) is 0 Å². The Morgan fingerprint density at radius 1 is 1.11 bits per heavy atom. The maximum atomic E-state index is 13.0. The van der Waals surface area contributed by atoms with E-state index < -0.39 is 10.0 Å². The van der Waals surface area contributed by atoms with Crippen LogP contribution < -0.4 is 0 Å². The molecule has 1 aliphatic heterocycles. The van der Waals surface area contributed by atoms with Gasteiger partial charge in [0.1, 0.15) is 10.6 Å². The van der Waals surface area contributed by atoms with E-state index in [0.717, 1.165) is 32.7 Å². The van der Waals surface area contributed by atoms with Gasteiger partial charge in [-0.1, -0.05) is 24.9 Å². The summed E-state index contributed by atoms with van der Waals surface area (Å²) in [6.07, 6.45) is 6.24. The zero-order chi connectivity index (χ0) is 19.4. The SMILES string of the molecule is Cc1noc(C)c1S(=O)(=O)N1CCCN(CCOC2CCCCC2C)CC1. The van der Waals surface area contributed by atoms with Crippen molar-refractivity contribution in [1.82, 2.24) is 14.4 Å². The third-order valence-corrected chi connectivity index (χ3v) is 8.03. The van der Waals surface area contributed by atoms with Gasteiger partial charge in [0.05, 0.1) is 12.7 Å². The van der Waals surface area contributed by atoms with Gasteiger partial charge in [-0.2, -0.15) is 4.31 Å². The first-order valence-electron chi connectivity index (χ1n) is 10.2. The molecule has 7 nitrogen and oxygen atoms in total. The number of hydrogen-bond acceptors (Lipinski definition) is 6. The lowest BCUT2D eigenvalue weighted by Gasteiger charge is -2.30. The predicted molar refractivity (Wildman–Crippen MR) is 103 cm³/mol. The van der Waals surface area contributed by atoms with Gasteiger partial charge in [-0.05, 0) is 45.6 Å². The molecule has 1 saturated heterocycles. The van der Waals surface area contributed by atoms with Gasteiger partial charge in [0, 0.05) is 26.2 Å². The Balaban J connectivity index is 1.51. The van der Waals surface area contributed by atoms with Crippen LogP contribution in [-0.4, -0.2) is 68.2 Å². The topological polar surface area (TPSA) is 75.9 Å². The molecule has 154 valence electrons. The van der Waals surface area contributed by atoms with Gasteiger partial charge in [-0.15, -0.1) is 0 Å². The monoisotopic (exact) mass is 399 g/mol. The van der Waals surface area contributed by atoms with Gasteiger partial charge in [0.2, 0.25) is 10.0 Å². The molecule has 1 aromatic heterocycles. The average molecular weight is 400 g/mol. The number of hydrogen-bond donors (Lipinski definition) is 0. The van der Waals surface area contributed by atoms with Crippen LogP contribution in [0.3, 0.4) is 0 Å². The van der Waals surface area contributed by atoms with Gasteiger partial charge in [-0.3, -0.25) is 4.90 Å². The molecule has 2 heterocycles. The van der Waals surface area contributed by atoms with Crippen molar-refractivity contribution in [3.8, 4) is 0 Å². The highest BCUT2D eigenvalue weighted by molar-refractivity contribution is 7.89. The van der Waals surface area contributed by atoms with Crippen LogP contribution in [0.1, 0.15) is 50.5 Å². The first-order valence-corrected chi connectivity index (χ1v) is 11.6. The molecule has 2 atom stereocenters. The second kappa shape index (κ2) is 9.03. The number of sulfonamides is 1. The summed E-state index contributed by atoms with van der Waals surface area (Å²) in [4.78, 5) is 2.54. The molecule has 27 heavy (non-hydrogen) atoms. The largest absolute Gasteiger partial charge is 0.377 e. The first kappa shape index (κ1) is 20.8. The lowest BCUT2D eigenvalue weighted by atomic mass is 9.88. The molecule has 2 aliphatic rings. The second-order valence-electron chi connectivity index (χ2n) is 7.92. The van der Waals surface area contributed by atoms with Crippen LogP contribution in [0.2, 0.25) is 0 Å². The van der Waals surface area contributed by atoms with Crippen molar-refractivity contribution in [3.05, 3.63) is 11.5 Å². The smallest absolute Gasteiger partial charge is 0.248 e. The minimum atomic E-state index is -3.55. The molecule has 3 rings (SSSR count). The van der Waals surface area contributed by atoms with Crippen molar-refractivity contribution in [1.29, 1.82) is 0 Å². The molecule has 0 radical (unpaired) electrons. The van der Waals surface area contributed by atoms with E-state index in [4.69, 9.17) is 9.26 Å². The molecular weight excluding hydrogens is 366 g/mol. The summed E-state index contributed by atoms with van der Waals surface area (Å²) in [5.41, 5.74) is 0.434. The third kappa shape index (κ3) is 4.91. The molecule has 1 saturated carbocycles.